The first-order valence-corrected chi connectivity index (χ1v) is 48.2. The van der Waals surface area contributed by atoms with Gasteiger partial charge in [0, 0.05) is 114 Å². The zero-order valence-corrected chi connectivity index (χ0v) is 87.9. The molecule has 16 nitrogen and oxygen atoms in total. The van der Waals surface area contributed by atoms with Gasteiger partial charge in [-0.05, 0) is 201 Å². The fourth-order valence-corrected chi connectivity index (χ4v) is 14.8. The molecule has 4 aromatic heterocycles. The number of fused-ring (bicyclic) bond motifs is 5. The number of anilines is 16. The van der Waals surface area contributed by atoms with E-state index in [0.717, 1.165) is 11.6 Å². The molecule has 7 aromatic carbocycles. The van der Waals surface area contributed by atoms with Crippen molar-refractivity contribution in [1.29, 1.82) is 0 Å². The number of rotatable bonds is 6. The zero-order valence-electron chi connectivity index (χ0n) is 87.9. The van der Waals surface area contributed by atoms with Gasteiger partial charge in [-0.3, -0.25) is 9.97 Å². The summed E-state index contributed by atoms with van der Waals surface area (Å²) < 4.78 is 0. The smallest absolute Gasteiger partial charge is 0.158 e. The minimum absolute atomic E-state index is 0.288. The van der Waals surface area contributed by atoms with E-state index < -0.39 is 0 Å². The molecule has 0 bridgehead atoms. The Hall–Kier alpha value is -11.5. The van der Waals surface area contributed by atoms with Gasteiger partial charge in [0.1, 0.15) is 37.0 Å². The lowest BCUT2D eigenvalue weighted by Gasteiger charge is -2.28. The van der Waals surface area contributed by atoms with E-state index in [1.807, 2.05) is 215 Å². The van der Waals surface area contributed by atoms with Gasteiger partial charge in [-0.2, -0.15) is 0 Å². The molecule has 0 radical (unpaired) electrons. The van der Waals surface area contributed by atoms with Crippen LogP contribution in [0.15, 0.2) is 256 Å². The van der Waals surface area contributed by atoms with Crippen LogP contribution in [0.4, 0.5) is 91.3 Å². The van der Waals surface area contributed by atoms with Crippen molar-refractivity contribution in [2.24, 2.45) is 0 Å². The summed E-state index contributed by atoms with van der Waals surface area (Å²) in [4.78, 5) is 45.1. The van der Waals surface area contributed by atoms with Crippen LogP contribution in [0, 0.1) is 41.5 Å². The highest BCUT2D eigenvalue weighted by molar-refractivity contribution is 5.87. The first kappa shape index (κ1) is 116. The summed E-state index contributed by atoms with van der Waals surface area (Å²) in [7, 11) is 12.7. The highest BCUT2D eigenvalue weighted by Crippen LogP contribution is 2.48. The lowest BCUT2D eigenvalue weighted by atomic mass is 10.1. The summed E-state index contributed by atoms with van der Waals surface area (Å²) >= 11 is 0. The van der Waals surface area contributed by atoms with E-state index in [1.54, 1.807) is 0 Å². The molecule has 6 aliphatic rings. The van der Waals surface area contributed by atoms with E-state index in [0.29, 0.717) is 24.7 Å². The van der Waals surface area contributed by atoms with Gasteiger partial charge in [0.25, 0.3) is 0 Å². The van der Waals surface area contributed by atoms with Gasteiger partial charge in [-0.1, -0.05) is 287 Å². The number of hydrogen-bond acceptors (Lipinski definition) is 16. The lowest BCUT2D eigenvalue weighted by Crippen LogP contribution is -2.36. The fraction of sp³-hybridized carbons (Fsp3) is 0.429. The topological polar surface area (TPSA) is 90.4 Å². The number of nitrogens with zero attached hydrogens (tertiary/aromatic N) is 16. The predicted octanol–water partition coefficient (Wildman–Crippen LogP) is 32.1. The Morgan fingerprint density at radius 1 is 0.195 bits per heavy atom. The van der Waals surface area contributed by atoms with Crippen molar-refractivity contribution < 1.29 is 0 Å². The van der Waals surface area contributed by atoms with Gasteiger partial charge < -0.3 is 58.8 Å². The van der Waals surface area contributed by atoms with Crippen LogP contribution in [0.1, 0.15) is 241 Å². The Labute approximate surface area is 783 Å². The largest absolute Gasteiger partial charge is 0.359 e. The van der Waals surface area contributed by atoms with E-state index in [-0.39, 0.29) is 12.3 Å². The zero-order chi connectivity index (χ0) is 97.6. The van der Waals surface area contributed by atoms with Crippen LogP contribution in [0.3, 0.4) is 0 Å². The summed E-state index contributed by atoms with van der Waals surface area (Å²) in [6.07, 6.45) is 17.5. The van der Waals surface area contributed by atoms with Crippen LogP contribution < -0.4 is 53.9 Å². The molecule has 0 aliphatic carbocycles. The SMILES string of the molecule is CC.CC.CC.CC.CC.CC.CC.CC.CC.CC.CC.CC.Cc1ccccc1N1C=CN(C)[C@@H]1C.Cc1ccccc1N1c2ccccc2N(C)[C@@H]1C.Cc1ccccc1N1c2cccnc2N(C)[C@@H]1C.Cc1ccccc1N1c2ccncc2N(C)[C@@H]1C.Cc1ccccc1N1c2cnccc2N(C)[C@@H]1C.Cc1ccccc1N1c2ncccc2N(C)[C@@H]1C. The summed E-state index contributed by atoms with van der Waals surface area (Å²) in [5, 5.41) is 0. The molecule has 0 saturated heterocycles. The third kappa shape index (κ3) is 28.7. The number of hydrogen-bond donors (Lipinski definition) is 0. The highest BCUT2D eigenvalue weighted by atomic mass is 15.5. The van der Waals surface area contributed by atoms with Gasteiger partial charge in [0.2, 0.25) is 0 Å². The molecule has 17 rings (SSSR count). The van der Waals surface area contributed by atoms with Crippen LogP contribution in [0.5, 0.6) is 0 Å². The Kier molecular flexibility index (Phi) is 57.7. The minimum atomic E-state index is 0.288. The maximum absolute atomic E-state index is 4.54. The predicted molar refractivity (Wildman–Crippen MR) is 576 cm³/mol. The van der Waals surface area contributed by atoms with Crippen LogP contribution in [-0.2, 0) is 0 Å². The van der Waals surface area contributed by atoms with Crippen molar-refractivity contribution in [1.82, 2.24) is 24.8 Å². The van der Waals surface area contributed by atoms with Crippen LogP contribution in [0.25, 0.3) is 0 Å². The van der Waals surface area contributed by atoms with Crippen molar-refractivity contribution in [2.45, 2.75) is 286 Å². The van der Waals surface area contributed by atoms with Crippen molar-refractivity contribution in [3.05, 3.63) is 289 Å². The third-order valence-corrected chi connectivity index (χ3v) is 21.5. The molecule has 128 heavy (non-hydrogen) atoms. The maximum Gasteiger partial charge on any atom is 0.158 e. The van der Waals surface area contributed by atoms with Crippen molar-refractivity contribution in [3.63, 3.8) is 0 Å². The molecule has 0 fully saturated rings. The molecule has 11 aromatic rings. The van der Waals surface area contributed by atoms with E-state index in [4.69, 9.17) is 0 Å². The molecular weight excluding hydrogens is 1570 g/mol. The normalized spacial score (nSPS) is 15.5. The second-order valence-electron chi connectivity index (χ2n) is 27.7. The Morgan fingerprint density at radius 2 is 0.438 bits per heavy atom. The fourth-order valence-electron chi connectivity index (χ4n) is 14.8. The van der Waals surface area contributed by atoms with Gasteiger partial charge in [-0.25, -0.2) is 9.97 Å². The number of benzene rings is 7. The van der Waals surface area contributed by atoms with E-state index in [1.165, 1.54) is 113 Å². The number of aryl methyl sites for hydroxylation is 6. The number of para-hydroxylation sites is 8. The standard InChI is InChI=1S/C16H18N2.4C15H17N3.C12H16N2.12C2H6/c1-12-8-4-5-9-14(12)18-13(2)17(3)15-10-6-7-11-16(15)18;1-11-7-4-5-8-13(11)18-12(2)17(3)15-14(18)9-6-10-16-15;1-11-7-4-5-8-13(11)18-12(2)17(3)14-9-6-10-16-15(14)18;1-11-6-4-5-7-13(11)18-12(2)17(3)15-10-16-9-8-14(15)18;1-11-6-4-5-7-13(11)18-12(2)17(3)14-8-9-16-10-15(14)18;1-10-6-4-5-7-12(10)14-9-8-13(3)11(14)2;12*1-2/h4-11,13H,1-3H3;4*4-10,12H,1-3H3;4-9,11H,1-3H3;12*1-2H3/t13-;4*12-;11-;;;;;;;;;;;;/m000000............/s1. The van der Waals surface area contributed by atoms with E-state index in [2.05, 4.69) is 411 Å². The Morgan fingerprint density at radius 3 is 0.797 bits per heavy atom. The maximum atomic E-state index is 4.54. The average Bonchev–Trinajstić information content (AvgIpc) is 1.64. The summed E-state index contributed by atoms with van der Waals surface area (Å²) in [5.74, 6) is 2.09. The van der Waals surface area contributed by atoms with Gasteiger partial charge in [0.15, 0.2) is 11.6 Å². The van der Waals surface area contributed by atoms with Gasteiger partial charge >= 0.3 is 0 Å². The summed E-state index contributed by atoms with van der Waals surface area (Å²) in [5.41, 5.74) is 25.2. The van der Waals surface area contributed by atoms with E-state index in [9.17, 15) is 0 Å². The summed E-state index contributed by atoms with van der Waals surface area (Å²) in [6.45, 7) is 74.2. The quantitative estimate of drug-likeness (QED) is 0.158. The van der Waals surface area contributed by atoms with Crippen LogP contribution in [0.2, 0.25) is 0 Å². The molecule has 6 atom stereocenters. The molecule has 0 saturated carbocycles. The van der Waals surface area contributed by atoms with Crippen molar-refractivity contribution >= 4 is 91.3 Å². The third-order valence-electron chi connectivity index (χ3n) is 21.5. The minimum Gasteiger partial charge on any atom is -0.359 e. The second-order valence-corrected chi connectivity index (χ2v) is 27.7. The molecule has 6 aliphatic heterocycles. The summed E-state index contributed by atoms with van der Waals surface area (Å²) in [6, 6.07) is 71.9. The van der Waals surface area contributed by atoms with Crippen LogP contribution >= 0.6 is 0 Å². The molecule has 0 N–H and O–H groups in total. The monoisotopic (exact) mass is 1740 g/mol. The molecule has 702 valence electrons. The number of pyridine rings is 4. The molecule has 0 amide bonds. The number of aromatic nitrogens is 4. The highest BCUT2D eigenvalue weighted by Gasteiger charge is 2.37. The first-order valence-electron chi connectivity index (χ1n) is 48.2. The van der Waals surface area contributed by atoms with Crippen LogP contribution in [-0.4, -0.2) is 104 Å². The molecule has 16 heteroatoms. The Balaban J connectivity index is 0.00000144. The second kappa shape index (κ2) is 63.4. The lowest BCUT2D eigenvalue weighted by molar-refractivity contribution is 0.383. The Bertz CT molecular complexity index is 4180. The van der Waals surface area contributed by atoms with E-state index >= 15 is 0 Å². The van der Waals surface area contributed by atoms with Gasteiger partial charge in [-0.15, -0.1) is 0 Å². The van der Waals surface area contributed by atoms with Crippen molar-refractivity contribution in [3.8, 4) is 0 Å². The molecule has 10 heterocycles. The molecular formula is C112H174N16. The van der Waals surface area contributed by atoms with Crippen molar-refractivity contribution in [2.75, 3.05) is 96.2 Å². The first-order chi connectivity index (χ1) is 62.2. The molecule has 0 spiro atoms. The molecule has 0 unspecified atom stereocenters. The van der Waals surface area contributed by atoms with Gasteiger partial charge in [0.05, 0.1) is 57.9 Å². The average molecular weight is 1740 g/mol.